The van der Waals surface area contributed by atoms with Crippen LogP contribution in [0.2, 0.25) is 0 Å². The minimum absolute atomic E-state index is 0.0332. The first kappa shape index (κ1) is 16.1. The number of ether oxygens (including phenoxy) is 2. The highest BCUT2D eigenvalue weighted by Crippen LogP contribution is 2.37. The summed E-state index contributed by atoms with van der Waals surface area (Å²) in [6.07, 6.45) is 2.25. The van der Waals surface area contributed by atoms with E-state index in [1.165, 1.54) is 11.1 Å². The molecule has 3 rings (SSSR count). The van der Waals surface area contributed by atoms with Gasteiger partial charge in [0.15, 0.2) is 0 Å². The third-order valence-corrected chi connectivity index (χ3v) is 4.51. The molecule has 120 valence electrons. The lowest BCUT2D eigenvalue weighted by atomic mass is 10.1. The first-order valence-corrected chi connectivity index (χ1v) is 8.65. The Morgan fingerprint density at radius 2 is 2.09 bits per heavy atom. The Hall–Kier alpha value is -1.81. The largest absolute Gasteiger partial charge is 0.485 e. The summed E-state index contributed by atoms with van der Waals surface area (Å²) < 4.78 is 12.3. The van der Waals surface area contributed by atoms with E-state index in [-0.39, 0.29) is 18.5 Å². The van der Waals surface area contributed by atoms with Gasteiger partial charge in [-0.2, -0.15) is 0 Å². The fraction of sp³-hybridized carbons (Fsp3) is 0.316. The molecule has 0 saturated carbocycles. The summed E-state index contributed by atoms with van der Waals surface area (Å²) in [5, 5.41) is 0. The Bertz CT molecular complexity index is 712. The van der Waals surface area contributed by atoms with E-state index in [2.05, 4.69) is 34.1 Å². The Morgan fingerprint density at radius 3 is 2.91 bits per heavy atom. The van der Waals surface area contributed by atoms with E-state index in [0.29, 0.717) is 6.61 Å². The summed E-state index contributed by atoms with van der Waals surface area (Å²) in [4.78, 5) is 11.8. The molecule has 0 spiro atoms. The molecule has 0 aliphatic heterocycles. The van der Waals surface area contributed by atoms with E-state index >= 15 is 0 Å². The van der Waals surface area contributed by atoms with Crippen molar-refractivity contribution < 1.29 is 14.3 Å². The number of hydrogen-bond donors (Lipinski definition) is 0. The van der Waals surface area contributed by atoms with E-state index in [1.807, 2.05) is 31.2 Å². The van der Waals surface area contributed by atoms with Gasteiger partial charge in [-0.3, -0.25) is 4.79 Å². The minimum Gasteiger partial charge on any atom is -0.485 e. The molecule has 0 heterocycles. The van der Waals surface area contributed by atoms with Crippen molar-refractivity contribution in [2.75, 3.05) is 6.61 Å². The molecule has 0 amide bonds. The summed E-state index contributed by atoms with van der Waals surface area (Å²) in [6.45, 7) is 2.21. The monoisotopic (exact) mass is 374 g/mol. The van der Waals surface area contributed by atoms with Crippen molar-refractivity contribution >= 4 is 21.9 Å². The van der Waals surface area contributed by atoms with E-state index in [0.717, 1.165) is 28.6 Å². The maximum atomic E-state index is 11.8. The number of halogens is 1. The normalized spacial score (nSPS) is 16.0. The molecule has 1 aliphatic carbocycles. The summed E-state index contributed by atoms with van der Waals surface area (Å²) in [7, 11) is 0. The number of para-hydroxylation sites is 1. The highest BCUT2D eigenvalue weighted by Gasteiger charge is 2.25. The Kier molecular flexibility index (Phi) is 5.01. The number of benzene rings is 2. The molecule has 0 N–H and O–H groups in total. The van der Waals surface area contributed by atoms with Crippen molar-refractivity contribution in [1.82, 2.24) is 0 Å². The highest BCUT2D eigenvalue weighted by atomic mass is 79.9. The quantitative estimate of drug-likeness (QED) is 0.716. The van der Waals surface area contributed by atoms with Crippen molar-refractivity contribution in [3.63, 3.8) is 0 Å². The van der Waals surface area contributed by atoms with Gasteiger partial charge in [0.05, 0.1) is 13.0 Å². The van der Waals surface area contributed by atoms with Crippen molar-refractivity contribution in [3.8, 4) is 5.75 Å². The minimum atomic E-state index is -0.224. The first-order chi connectivity index (χ1) is 11.2. The topological polar surface area (TPSA) is 35.5 Å². The van der Waals surface area contributed by atoms with Crippen LogP contribution >= 0.6 is 15.9 Å². The molecule has 1 atom stereocenters. The van der Waals surface area contributed by atoms with Gasteiger partial charge >= 0.3 is 5.97 Å². The lowest BCUT2D eigenvalue weighted by Crippen LogP contribution is -2.10. The van der Waals surface area contributed by atoms with E-state index in [4.69, 9.17) is 9.47 Å². The van der Waals surface area contributed by atoms with Crippen LogP contribution in [0.5, 0.6) is 5.75 Å². The van der Waals surface area contributed by atoms with Gasteiger partial charge in [0.1, 0.15) is 11.9 Å². The molecule has 0 fully saturated rings. The van der Waals surface area contributed by atoms with Crippen LogP contribution < -0.4 is 4.74 Å². The molecule has 0 radical (unpaired) electrons. The maximum absolute atomic E-state index is 11.8. The van der Waals surface area contributed by atoms with Gasteiger partial charge in [-0.25, -0.2) is 0 Å². The van der Waals surface area contributed by atoms with E-state index in [9.17, 15) is 4.79 Å². The van der Waals surface area contributed by atoms with Crippen LogP contribution in [-0.2, 0) is 22.4 Å². The maximum Gasteiger partial charge on any atom is 0.310 e. The number of carbonyl (C=O) groups is 1. The van der Waals surface area contributed by atoms with Crippen molar-refractivity contribution in [2.45, 2.75) is 32.3 Å². The molecule has 3 nitrogen and oxygen atoms in total. The zero-order valence-corrected chi connectivity index (χ0v) is 14.6. The van der Waals surface area contributed by atoms with Gasteiger partial charge in [0.2, 0.25) is 0 Å². The van der Waals surface area contributed by atoms with Crippen molar-refractivity contribution in [3.05, 3.63) is 63.6 Å². The third-order valence-electron chi connectivity index (χ3n) is 4.01. The van der Waals surface area contributed by atoms with Crippen LogP contribution in [0.15, 0.2) is 46.9 Å². The van der Waals surface area contributed by atoms with E-state index < -0.39 is 0 Å². The van der Waals surface area contributed by atoms with Crippen LogP contribution in [-0.4, -0.2) is 12.6 Å². The van der Waals surface area contributed by atoms with Gasteiger partial charge in [-0.15, -0.1) is 0 Å². The molecule has 2 aromatic carbocycles. The molecule has 2 aromatic rings. The predicted octanol–water partition coefficient (Wildman–Crippen LogP) is 4.62. The molecule has 0 saturated heterocycles. The molecule has 1 aliphatic rings. The van der Waals surface area contributed by atoms with Crippen LogP contribution in [0.3, 0.4) is 0 Å². The zero-order valence-electron chi connectivity index (χ0n) is 13.0. The van der Waals surface area contributed by atoms with Crippen LogP contribution in [0.25, 0.3) is 0 Å². The number of carbonyl (C=O) groups excluding carboxylic acids is 1. The summed E-state index contributed by atoms with van der Waals surface area (Å²) in [5.41, 5.74) is 3.43. The van der Waals surface area contributed by atoms with Gasteiger partial charge in [-0.05, 0) is 49.1 Å². The number of hydrogen-bond acceptors (Lipinski definition) is 3. The number of aryl methyl sites for hydroxylation is 1. The second-order valence-corrected chi connectivity index (χ2v) is 6.49. The Balaban J connectivity index is 1.80. The van der Waals surface area contributed by atoms with Crippen molar-refractivity contribution in [1.29, 1.82) is 0 Å². The van der Waals surface area contributed by atoms with Crippen LogP contribution in [0.4, 0.5) is 0 Å². The summed E-state index contributed by atoms with van der Waals surface area (Å²) in [5.74, 6) is 0.538. The Morgan fingerprint density at radius 1 is 1.26 bits per heavy atom. The van der Waals surface area contributed by atoms with Gasteiger partial charge in [-0.1, -0.05) is 40.2 Å². The van der Waals surface area contributed by atoms with Gasteiger partial charge in [0.25, 0.3) is 0 Å². The SMILES string of the molecule is CCOC(=O)Cc1ccccc1O[C@@H]1CCc2ccc(Br)cc21. The van der Waals surface area contributed by atoms with Crippen LogP contribution in [0, 0.1) is 0 Å². The number of esters is 1. The lowest BCUT2D eigenvalue weighted by molar-refractivity contribution is -0.142. The third kappa shape index (κ3) is 3.75. The number of rotatable bonds is 5. The predicted molar refractivity (Wildman–Crippen MR) is 92.6 cm³/mol. The summed E-state index contributed by atoms with van der Waals surface area (Å²) >= 11 is 3.53. The molecule has 4 heteroatoms. The zero-order chi connectivity index (χ0) is 16.2. The molecular formula is C19H19BrO3. The molecule has 0 unspecified atom stereocenters. The second kappa shape index (κ2) is 7.18. The highest BCUT2D eigenvalue weighted by molar-refractivity contribution is 9.10. The second-order valence-electron chi connectivity index (χ2n) is 5.58. The van der Waals surface area contributed by atoms with Crippen molar-refractivity contribution in [2.24, 2.45) is 0 Å². The Labute approximate surface area is 144 Å². The van der Waals surface area contributed by atoms with Crippen LogP contribution in [0.1, 0.15) is 36.1 Å². The number of fused-ring (bicyclic) bond motifs is 1. The van der Waals surface area contributed by atoms with Gasteiger partial charge < -0.3 is 9.47 Å². The summed E-state index contributed by atoms with van der Waals surface area (Å²) in [6, 6.07) is 14.0. The average molecular weight is 375 g/mol. The van der Waals surface area contributed by atoms with E-state index in [1.54, 1.807) is 0 Å². The molecule has 0 bridgehead atoms. The molecular weight excluding hydrogens is 356 g/mol. The lowest BCUT2D eigenvalue weighted by Gasteiger charge is -2.18. The fourth-order valence-electron chi connectivity index (χ4n) is 2.94. The smallest absolute Gasteiger partial charge is 0.310 e. The average Bonchev–Trinajstić information content (AvgIpc) is 2.92. The van der Waals surface area contributed by atoms with Gasteiger partial charge in [0, 0.05) is 10.0 Å². The molecule has 0 aromatic heterocycles. The standard InChI is InChI=1S/C19H19BrO3/c1-2-22-19(21)11-14-5-3-4-6-17(14)23-18-10-8-13-7-9-15(20)12-16(13)18/h3-7,9,12,18H,2,8,10-11H2,1H3/t18-/m1/s1. The fourth-order valence-corrected chi connectivity index (χ4v) is 3.32. The molecule has 23 heavy (non-hydrogen) atoms. The first-order valence-electron chi connectivity index (χ1n) is 7.86.